The minimum atomic E-state index is -3.36. The molecule has 0 fully saturated rings. The van der Waals surface area contributed by atoms with Crippen LogP contribution in [0.3, 0.4) is 0 Å². The molecule has 0 radical (unpaired) electrons. The Bertz CT molecular complexity index is 1220. The first-order valence-electron chi connectivity index (χ1n) is 12.2. The lowest BCUT2D eigenvalue weighted by molar-refractivity contribution is -0.252. The molecule has 4 rings (SSSR count). The third kappa shape index (κ3) is 5.86. The molecule has 0 amide bonds. The van der Waals surface area contributed by atoms with Gasteiger partial charge in [0.05, 0.1) is 13.2 Å². The molecule has 0 spiro atoms. The van der Waals surface area contributed by atoms with Gasteiger partial charge in [-0.3, -0.25) is 4.89 Å². The molecule has 0 bridgehead atoms. The van der Waals surface area contributed by atoms with E-state index in [4.69, 9.17) is 13.9 Å². The van der Waals surface area contributed by atoms with Gasteiger partial charge >= 0.3 is 5.97 Å². The van der Waals surface area contributed by atoms with Gasteiger partial charge in [0.2, 0.25) is 0 Å². The van der Waals surface area contributed by atoms with E-state index in [1.165, 1.54) is 7.11 Å². The zero-order valence-electron chi connectivity index (χ0n) is 21.0. The molecular formula is C30H30O5Si2. The summed E-state index contributed by atoms with van der Waals surface area (Å²) in [6.07, 6.45) is 0. The molecule has 188 valence electrons. The fourth-order valence-corrected chi connectivity index (χ4v) is 15.3. The molecule has 5 nitrogen and oxygen atoms in total. The van der Waals surface area contributed by atoms with Crippen molar-refractivity contribution < 1.29 is 23.5 Å². The minimum absolute atomic E-state index is 0.0127. The molecule has 0 aliphatic heterocycles. The molecule has 0 unspecified atom stereocenters. The lowest BCUT2D eigenvalue weighted by atomic mass is 10.4. The molecule has 0 N–H and O–H groups in total. The van der Waals surface area contributed by atoms with Crippen molar-refractivity contribution in [3.05, 3.63) is 121 Å². The topological polar surface area (TPSA) is 61.8 Å². The van der Waals surface area contributed by atoms with Crippen LogP contribution >= 0.6 is 0 Å². The first-order valence-corrected chi connectivity index (χ1v) is 16.4. The fraction of sp³-hybridized carbons (Fsp3) is 0.133. The average Bonchev–Trinajstić information content (AvgIpc) is 2.94. The van der Waals surface area contributed by atoms with E-state index >= 15 is 0 Å². The Hall–Kier alpha value is -3.63. The minimum Gasteiger partial charge on any atom is -0.441 e. The first-order chi connectivity index (χ1) is 18.0. The van der Waals surface area contributed by atoms with E-state index in [1.807, 2.05) is 121 Å². The first kappa shape index (κ1) is 26.4. The van der Waals surface area contributed by atoms with E-state index in [2.05, 4.69) is 0 Å². The standard InChI is InChI=1S/C30H30O5Si2/c1-25(31)23-36(26-15-7-3-8-16-26,27-17-9-4-10-18-27)35-37(24-30(32)34-33-2,28-19-11-5-12-20-28)29-21-13-6-14-22-29/h3-22H,23-24H2,1-2H3. The van der Waals surface area contributed by atoms with Crippen LogP contribution in [0.15, 0.2) is 121 Å². The Kier molecular flexibility index (Phi) is 8.63. The van der Waals surface area contributed by atoms with Crippen LogP contribution in [-0.2, 0) is 23.5 Å². The smallest absolute Gasteiger partial charge is 0.342 e. The van der Waals surface area contributed by atoms with E-state index < -0.39 is 22.6 Å². The van der Waals surface area contributed by atoms with Crippen molar-refractivity contribution in [3.63, 3.8) is 0 Å². The summed E-state index contributed by atoms with van der Waals surface area (Å²) < 4.78 is 7.60. The summed E-state index contributed by atoms with van der Waals surface area (Å²) in [6.45, 7) is 1.60. The van der Waals surface area contributed by atoms with Crippen molar-refractivity contribution in [2.75, 3.05) is 7.11 Å². The largest absolute Gasteiger partial charge is 0.441 e. The van der Waals surface area contributed by atoms with Crippen LogP contribution in [0.1, 0.15) is 6.92 Å². The number of carbonyl (C=O) groups is 2. The van der Waals surface area contributed by atoms with Crippen LogP contribution < -0.4 is 20.7 Å². The summed E-state index contributed by atoms with van der Waals surface area (Å²) in [7, 11) is -5.28. The van der Waals surface area contributed by atoms with E-state index in [0.29, 0.717) is 0 Å². The number of carbonyl (C=O) groups excluding carboxylic acids is 2. The second-order valence-electron chi connectivity index (χ2n) is 8.90. The van der Waals surface area contributed by atoms with Gasteiger partial charge in [0, 0.05) is 6.04 Å². The predicted octanol–water partition coefficient (Wildman–Crippen LogP) is 3.22. The third-order valence-corrected chi connectivity index (χ3v) is 16.0. The Labute approximate surface area is 219 Å². The second-order valence-corrected chi connectivity index (χ2v) is 16.0. The Morgan fingerprint density at radius 2 is 0.892 bits per heavy atom. The molecule has 4 aromatic carbocycles. The van der Waals surface area contributed by atoms with Crippen molar-refractivity contribution >= 4 is 49.1 Å². The molecule has 0 heterocycles. The van der Waals surface area contributed by atoms with Crippen LogP contribution in [0.2, 0.25) is 12.1 Å². The Morgan fingerprint density at radius 1 is 0.568 bits per heavy atom. The van der Waals surface area contributed by atoms with Gasteiger partial charge in [-0.25, -0.2) is 4.79 Å². The third-order valence-electron chi connectivity index (χ3n) is 6.38. The van der Waals surface area contributed by atoms with E-state index in [1.54, 1.807) is 6.92 Å². The van der Waals surface area contributed by atoms with Gasteiger partial charge in [-0.15, -0.1) is 0 Å². The normalized spacial score (nSPS) is 11.6. The number of benzene rings is 4. The molecule has 7 heteroatoms. The maximum atomic E-state index is 13.1. The Balaban J connectivity index is 2.05. The summed E-state index contributed by atoms with van der Waals surface area (Å²) >= 11 is 0. The monoisotopic (exact) mass is 526 g/mol. The highest BCUT2D eigenvalue weighted by atomic mass is 28.4. The molecule has 37 heavy (non-hydrogen) atoms. The zero-order valence-corrected chi connectivity index (χ0v) is 23.0. The van der Waals surface area contributed by atoms with Gasteiger partial charge in [0.15, 0.2) is 0 Å². The highest BCUT2D eigenvalue weighted by molar-refractivity contribution is 7.10. The van der Waals surface area contributed by atoms with Gasteiger partial charge in [0.1, 0.15) is 5.78 Å². The van der Waals surface area contributed by atoms with Crippen LogP contribution in [0.25, 0.3) is 0 Å². The number of hydrogen-bond donors (Lipinski definition) is 0. The summed E-state index contributed by atoms with van der Waals surface area (Å²) in [4.78, 5) is 35.9. The quantitative estimate of drug-likeness (QED) is 0.171. The van der Waals surface area contributed by atoms with Gasteiger partial charge < -0.3 is 8.91 Å². The van der Waals surface area contributed by atoms with Crippen LogP contribution in [0, 0.1) is 0 Å². The van der Waals surface area contributed by atoms with Crippen molar-refractivity contribution in [3.8, 4) is 0 Å². The lowest BCUT2D eigenvalue weighted by Crippen LogP contribution is -2.73. The lowest BCUT2D eigenvalue weighted by Gasteiger charge is -2.42. The van der Waals surface area contributed by atoms with E-state index in [9.17, 15) is 9.59 Å². The fourth-order valence-electron chi connectivity index (χ4n) is 4.85. The van der Waals surface area contributed by atoms with Gasteiger partial charge in [-0.1, -0.05) is 121 Å². The zero-order chi connectivity index (χ0) is 26.1. The average molecular weight is 527 g/mol. The SMILES string of the molecule is COOC(=O)C[Si](O[Si](CC(C)=O)(c1ccccc1)c1ccccc1)(c1ccccc1)c1ccccc1. The Morgan fingerprint density at radius 3 is 1.19 bits per heavy atom. The van der Waals surface area contributed by atoms with E-state index in [-0.39, 0.29) is 17.9 Å². The van der Waals surface area contributed by atoms with Crippen molar-refractivity contribution in [2.45, 2.75) is 19.0 Å². The van der Waals surface area contributed by atoms with Crippen molar-refractivity contribution in [1.29, 1.82) is 0 Å². The number of Topliss-reactive ketones (excluding diaryl/α,β-unsaturated/α-hetero) is 1. The number of rotatable bonds is 11. The second kappa shape index (κ2) is 12.1. The number of ketones is 1. The highest BCUT2D eigenvalue weighted by Crippen LogP contribution is 2.24. The van der Waals surface area contributed by atoms with Crippen molar-refractivity contribution in [2.24, 2.45) is 0 Å². The molecule has 0 saturated heterocycles. The van der Waals surface area contributed by atoms with Gasteiger partial charge in [-0.05, 0) is 27.7 Å². The molecule has 4 aromatic rings. The molecule has 0 atom stereocenters. The summed E-state index contributed by atoms with van der Waals surface area (Å²) in [5.74, 6) is -0.489. The molecule has 0 aliphatic carbocycles. The van der Waals surface area contributed by atoms with Crippen LogP contribution in [0.5, 0.6) is 0 Å². The molecule has 0 aromatic heterocycles. The highest BCUT2D eigenvalue weighted by Gasteiger charge is 2.52. The predicted molar refractivity (Wildman–Crippen MR) is 150 cm³/mol. The summed E-state index contributed by atoms with van der Waals surface area (Å²) in [5.41, 5.74) is 0. The van der Waals surface area contributed by atoms with Gasteiger partial charge in [-0.2, -0.15) is 4.89 Å². The molecular weight excluding hydrogens is 496 g/mol. The van der Waals surface area contributed by atoms with Crippen LogP contribution in [0.4, 0.5) is 0 Å². The van der Waals surface area contributed by atoms with Crippen molar-refractivity contribution in [1.82, 2.24) is 0 Å². The van der Waals surface area contributed by atoms with E-state index in [0.717, 1.165) is 20.7 Å². The maximum Gasteiger partial charge on any atom is 0.342 e. The maximum absolute atomic E-state index is 13.1. The summed E-state index contributed by atoms with van der Waals surface area (Å²) in [5, 5.41) is 3.78. The van der Waals surface area contributed by atoms with Crippen LogP contribution in [-0.4, -0.2) is 35.5 Å². The molecule has 0 saturated carbocycles. The summed E-state index contributed by atoms with van der Waals surface area (Å²) in [6, 6.07) is 39.8. The van der Waals surface area contributed by atoms with Gasteiger partial charge in [0.25, 0.3) is 16.6 Å². The molecule has 0 aliphatic rings. The number of hydrogen-bond acceptors (Lipinski definition) is 5.